The fourth-order valence-corrected chi connectivity index (χ4v) is 7.22. The Kier molecular flexibility index (Phi) is 5.30. The first kappa shape index (κ1) is 24.5. The molecule has 1 aliphatic rings. The number of rotatable bonds is 3. The van der Waals surface area contributed by atoms with Crippen molar-refractivity contribution in [3.05, 3.63) is 151 Å². The minimum absolute atomic E-state index is 0.434. The van der Waals surface area contributed by atoms with Gasteiger partial charge in [0.1, 0.15) is 11.8 Å². The second-order valence-electron chi connectivity index (χ2n) is 11.4. The Bertz CT molecular complexity index is 2390. The molecule has 0 bridgehead atoms. The van der Waals surface area contributed by atoms with E-state index in [4.69, 9.17) is 0 Å². The zero-order valence-electron chi connectivity index (χ0n) is 23.8. The minimum Gasteiger partial charge on any atom is -0.237 e. The van der Waals surface area contributed by atoms with Crippen LogP contribution in [0.15, 0.2) is 146 Å². The number of hydrogen-bond acceptors (Lipinski definition) is 2. The van der Waals surface area contributed by atoms with E-state index in [2.05, 4.69) is 138 Å². The monoisotopic (exact) mass is 556 g/mol. The molecule has 7 aromatic carbocycles. The van der Waals surface area contributed by atoms with E-state index in [0.717, 1.165) is 16.5 Å². The van der Waals surface area contributed by atoms with Gasteiger partial charge in [-0.25, -0.2) is 4.98 Å². The summed E-state index contributed by atoms with van der Waals surface area (Å²) < 4.78 is 0. The lowest BCUT2D eigenvalue weighted by molar-refractivity contribution is 1.33. The number of fused-ring (bicyclic) bond motifs is 5. The predicted octanol–water partition coefficient (Wildman–Crippen LogP) is 11.1. The SMILES string of the molecule is N#Cc1ccc2cc(-c3ccc4c5c(cccc35)-c3c-4c(-c4ccccc4)c4ccccc4c3-c3ccccc3)ccc2n1. The molecule has 9 rings (SSSR count). The molecule has 0 fully saturated rings. The Morgan fingerprint density at radius 3 is 1.68 bits per heavy atom. The van der Waals surface area contributed by atoms with Gasteiger partial charge in [0, 0.05) is 5.39 Å². The Hall–Kier alpha value is -6.04. The zero-order valence-corrected chi connectivity index (χ0v) is 23.8. The maximum Gasteiger partial charge on any atom is 0.141 e. The molecule has 0 aliphatic heterocycles. The van der Waals surface area contributed by atoms with Gasteiger partial charge in [0.25, 0.3) is 0 Å². The van der Waals surface area contributed by atoms with Crippen LogP contribution in [0.4, 0.5) is 0 Å². The van der Waals surface area contributed by atoms with Gasteiger partial charge in [-0.15, -0.1) is 0 Å². The van der Waals surface area contributed by atoms with Crippen LogP contribution < -0.4 is 0 Å². The molecule has 0 unspecified atom stereocenters. The van der Waals surface area contributed by atoms with Gasteiger partial charge in [0.05, 0.1) is 5.52 Å². The largest absolute Gasteiger partial charge is 0.237 e. The first-order valence-electron chi connectivity index (χ1n) is 14.9. The maximum atomic E-state index is 9.31. The van der Waals surface area contributed by atoms with Crippen LogP contribution in [0.2, 0.25) is 0 Å². The highest BCUT2D eigenvalue weighted by Crippen LogP contribution is 2.58. The summed E-state index contributed by atoms with van der Waals surface area (Å²) in [5.41, 5.74) is 13.8. The molecule has 0 spiro atoms. The van der Waals surface area contributed by atoms with E-state index in [0.29, 0.717) is 5.69 Å². The van der Waals surface area contributed by atoms with Crippen molar-refractivity contribution in [2.24, 2.45) is 0 Å². The molecule has 0 amide bonds. The molecule has 1 aromatic heterocycles. The lowest BCUT2D eigenvalue weighted by Gasteiger charge is -2.20. The molecule has 2 heteroatoms. The quantitative estimate of drug-likeness (QED) is 0.217. The highest BCUT2D eigenvalue weighted by molar-refractivity contribution is 6.28. The van der Waals surface area contributed by atoms with Gasteiger partial charge in [-0.2, -0.15) is 5.26 Å². The van der Waals surface area contributed by atoms with Gasteiger partial charge in [-0.1, -0.05) is 121 Å². The number of nitrogens with zero attached hydrogens (tertiary/aromatic N) is 2. The summed E-state index contributed by atoms with van der Waals surface area (Å²) in [4.78, 5) is 4.50. The molecule has 0 saturated carbocycles. The van der Waals surface area contributed by atoms with Crippen molar-refractivity contribution >= 4 is 32.4 Å². The zero-order chi connectivity index (χ0) is 29.2. The summed E-state index contributed by atoms with van der Waals surface area (Å²) in [7, 11) is 0. The summed E-state index contributed by atoms with van der Waals surface area (Å²) in [6.07, 6.45) is 0. The van der Waals surface area contributed by atoms with E-state index in [1.807, 2.05) is 12.1 Å². The Morgan fingerprint density at radius 1 is 0.432 bits per heavy atom. The van der Waals surface area contributed by atoms with Crippen LogP contribution >= 0.6 is 0 Å². The summed E-state index contributed by atoms with van der Waals surface area (Å²) in [6, 6.07) is 54.2. The fraction of sp³-hybridized carbons (Fsp3) is 0. The number of benzene rings is 7. The van der Waals surface area contributed by atoms with E-state index in [1.165, 1.54) is 71.6 Å². The van der Waals surface area contributed by atoms with Gasteiger partial charge in [0.15, 0.2) is 0 Å². The Balaban J connectivity index is 1.40. The third-order valence-corrected chi connectivity index (χ3v) is 9.03. The van der Waals surface area contributed by atoms with E-state index in [-0.39, 0.29) is 0 Å². The van der Waals surface area contributed by atoms with Crippen molar-refractivity contribution in [3.63, 3.8) is 0 Å². The number of pyridine rings is 1. The normalized spacial score (nSPS) is 11.6. The molecule has 1 heterocycles. The Labute approximate surface area is 255 Å². The van der Waals surface area contributed by atoms with E-state index >= 15 is 0 Å². The molecule has 202 valence electrons. The molecule has 0 radical (unpaired) electrons. The lowest BCUT2D eigenvalue weighted by atomic mass is 9.82. The van der Waals surface area contributed by atoms with Crippen molar-refractivity contribution < 1.29 is 0 Å². The molecular weight excluding hydrogens is 532 g/mol. The van der Waals surface area contributed by atoms with Crippen molar-refractivity contribution in [1.29, 1.82) is 5.26 Å². The summed E-state index contributed by atoms with van der Waals surface area (Å²) in [6.45, 7) is 0. The molecular formula is C42H24N2. The second kappa shape index (κ2) is 9.49. The topological polar surface area (TPSA) is 36.7 Å². The third-order valence-electron chi connectivity index (χ3n) is 9.03. The second-order valence-corrected chi connectivity index (χ2v) is 11.4. The molecule has 2 nitrogen and oxygen atoms in total. The smallest absolute Gasteiger partial charge is 0.141 e. The fourth-order valence-electron chi connectivity index (χ4n) is 7.22. The van der Waals surface area contributed by atoms with Crippen LogP contribution in [0.1, 0.15) is 5.69 Å². The summed E-state index contributed by atoms with van der Waals surface area (Å²) >= 11 is 0. The average Bonchev–Trinajstić information content (AvgIpc) is 3.42. The van der Waals surface area contributed by atoms with Gasteiger partial charge in [-0.05, 0) is 101 Å². The average molecular weight is 557 g/mol. The van der Waals surface area contributed by atoms with Crippen molar-refractivity contribution in [3.8, 4) is 61.7 Å². The molecule has 44 heavy (non-hydrogen) atoms. The van der Waals surface area contributed by atoms with Crippen LogP contribution in [-0.4, -0.2) is 4.98 Å². The van der Waals surface area contributed by atoms with Crippen LogP contribution in [0, 0.1) is 11.3 Å². The van der Waals surface area contributed by atoms with Crippen molar-refractivity contribution in [1.82, 2.24) is 4.98 Å². The van der Waals surface area contributed by atoms with Crippen LogP contribution in [-0.2, 0) is 0 Å². The predicted molar refractivity (Wildman–Crippen MR) is 182 cm³/mol. The number of aromatic nitrogens is 1. The molecule has 0 atom stereocenters. The van der Waals surface area contributed by atoms with Crippen LogP contribution in [0.25, 0.3) is 88.1 Å². The lowest BCUT2D eigenvalue weighted by Crippen LogP contribution is -1.93. The van der Waals surface area contributed by atoms with Crippen LogP contribution in [0.3, 0.4) is 0 Å². The molecule has 0 saturated heterocycles. The number of hydrogen-bond donors (Lipinski definition) is 0. The molecule has 0 N–H and O–H groups in total. The Morgan fingerprint density at radius 2 is 1.02 bits per heavy atom. The van der Waals surface area contributed by atoms with E-state index < -0.39 is 0 Å². The summed E-state index contributed by atoms with van der Waals surface area (Å²) in [5, 5.41) is 15.4. The van der Waals surface area contributed by atoms with Gasteiger partial charge >= 0.3 is 0 Å². The first-order valence-corrected chi connectivity index (χ1v) is 14.9. The summed E-state index contributed by atoms with van der Waals surface area (Å²) in [5.74, 6) is 0. The van der Waals surface area contributed by atoms with Crippen LogP contribution in [0.5, 0.6) is 0 Å². The standard InChI is InChI=1S/C42H24N2/c43-25-30-20-18-29-24-28(19-23-37(29)44-30)31-21-22-36-40-32(31)16-9-17-35(40)41-38(26-10-3-1-4-11-26)33-14-7-8-15-34(33)39(42(36)41)27-12-5-2-6-13-27/h1-24H. The third kappa shape index (κ3) is 3.51. The minimum atomic E-state index is 0.434. The first-order chi connectivity index (χ1) is 21.8. The highest BCUT2D eigenvalue weighted by atomic mass is 14.7. The molecule has 8 aromatic rings. The van der Waals surface area contributed by atoms with Gasteiger partial charge in [-0.3, -0.25) is 0 Å². The number of nitriles is 1. The highest BCUT2D eigenvalue weighted by Gasteiger charge is 2.31. The van der Waals surface area contributed by atoms with E-state index in [1.54, 1.807) is 6.07 Å². The maximum absolute atomic E-state index is 9.31. The van der Waals surface area contributed by atoms with Gasteiger partial charge in [0.2, 0.25) is 0 Å². The van der Waals surface area contributed by atoms with Crippen molar-refractivity contribution in [2.45, 2.75) is 0 Å². The van der Waals surface area contributed by atoms with Crippen molar-refractivity contribution in [2.75, 3.05) is 0 Å². The van der Waals surface area contributed by atoms with E-state index in [9.17, 15) is 5.26 Å². The molecule has 1 aliphatic carbocycles. The van der Waals surface area contributed by atoms with Gasteiger partial charge < -0.3 is 0 Å².